The van der Waals surface area contributed by atoms with E-state index in [1.807, 2.05) is 0 Å². The Hall–Kier alpha value is -0.420. The number of nitrogens with two attached hydrogens (primary N) is 1. The number of hydrogen-bond donors (Lipinski definition) is 1. The third kappa shape index (κ3) is 2.04. The number of benzene rings is 1. The molecule has 1 aromatic rings. The Morgan fingerprint density at radius 1 is 1.58 bits per heavy atom. The number of halogens is 2. The fraction of sp³-hybridized carbons (Fsp3) is 0.111. The second-order valence-corrected chi connectivity index (χ2v) is 3.67. The molecule has 1 aromatic carbocycles. The van der Waals surface area contributed by atoms with Crippen LogP contribution in [0.1, 0.15) is 11.6 Å². The molecule has 64 valence electrons. The van der Waals surface area contributed by atoms with Crippen LogP contribution in [0.25, 0.3) is 0 Å². The van der Waals surface area contributed by atoms with Gasteiger partial charge in [-0.2, -0.15) is 0 Å². The van der Waals surface area contributed by atoms with Gasteiger partial charge in [-0.15, -0.1) is 6.58 Å². The van der Waals surface area contributed by atoms with Crippen LogP contribution in [-0.2, 0) is 0 Å². The van der Waals surface area contributed by atoms with Crippen LogP contribution in [0.5, 0.6) is 0 Å². The Kier molecular flexibility index (Phi) is 3.22. The molecule has 1 nitrogen and oxygen atoms in total. The van der Waals surface area contributed by atoms with Crippen LogP contribution in [-0.4, -0.2) is 0 Å². The van der Waals surface area contributed by atoms with Gasteiger partial charge < -0.3 is 5.73 Å². The van der Waals surface area contributed by atoms with Gasteiger partial charge >= 0.3 is 0 Å². The molecule has 0 spiro atoms. The standard InChI is InChI=1S/C9H9FIN/c1-2-9(12)7-5-6(11)3-4-8(7)10/h2-5,9H,1,12H2/t9-/m0/s1. The Balaban J connectivity index is 3.12. The summed E-state index contributed by atoms with van der Waals surface area (Å²) >= 11 is 2.12. The summed E-state index contributed by atoms with van der Waals surface area (Å²) in [5, 5.41) is 0. The van der Waals surface area contributed by atoms with Gasteiger partial charge in [0.25, 0.3) is 0 Å². The fourth-order valence-corrected chi connectivity index (χ4v) is 1.41. The average Bonchev–Trinajstić information content (AvgIpc) is 2.08. The van der Waals surface area contributed by atoms with Gasteiger partial charge in [-0.25, -0.2) is 4.39 Å². The lowest BCUT2D eigenvalue weighted by Gasteiger charge is -2.07. The summed E-state index contributed by atoms with van der Waals surface area (Å²) in [5.74, 6) is -0.275. The third-order valence-corrected chi connectivity index (χ3v) is 2.24. The molecule has 0 bridgehead atoms. The molecular weight excluding hydrogens is 268 g/mol. The number of hydrogen-bond acceptors (Lipinski definition) is 1. The maximum atomic E-state index is 13.1. The second-order valence-electron chi connectivity index (χ2n) is 2.43. The molecule has 0 saturated carbocycles. The molecule has 0 heterocycles. The van der Waals surface area contributed by atoms with Crippen molar-refractivity contribution in [2.45, 2.75) is 6.04 Å². The molecule has 0 fully saturated rings. The van der Waals surface area contributed by atoms with Gasteiger partial charge in [-0.1, -0.05) is 6.08 Å². The highest BCUT2D eigenvalue weighted by Crippen LogP contribution is 2.18. The lowest BCUT2D eigenvalue weighted by molar-refractivity contribution is 0.602. The van der Waals surface area contributed by atoms with Crippen molar-refractivity contribution in [3.05, 3.63) is 45.8 Å². The van der Waals surface area contributed by atoms with E-state index >= 15 is 0 Å². The zero-order valence-electron chi connectivity index (χ0n) is 6.43. The van der Waals surface area contributed by atoms with Crippen molar-refractivity contribution >= 4 is 22.6 Å². The molecule has 0 aliphatic rings. The first-order valence-corrected chi connectivity index (χ1v) is 4.56. The van der Waals surface area contributed by atoms with E-state index in [-0.39, 0.29) is 5.82 Å². The minimum Gasteiger partial charge on any atom is -0.321 e. The molecule has 0 aliphatic carbocycles. The monoisotopic (exact) mass is 277 g/mol. The van der Waals surface area contributed by atoms with Gasteiger partial charge in [0, 0.05) is 9.13 Å². The van der Waals surface area contributed by atoms with E-state index in [0.29, 0.717) is 5.56 Å². The summed E-state index contributed by atoms with van der Waals surface area (Å²) in [6.07, 6.45) is 1.52. The lowest BCUT2D eigenvalue weighted by Crippen LogP contribution is -2.08. The van der Waals surface area contributed by atoms with Crippen molar-refractivity contribution < 1.29 is 4.39 Å². The van der Waals surface area contributed by atoms with Gasteiger partial charge in [-0.05, 0) is 40.8 Å². The predicted octanol–water partition coefficient (Wildman–Crippen LogP) is 2.62. The van der Waals surface area contributed by atoms with Crippen molar-refractivity contribution in [3.63, 3.8) is 0 Å². The van der Waals surface area contributed by atoms with Crippen molar-refractivity contribution in [1.29, 1.82) is 0 Å². The van der Waals surface area contributed by atoms with E-state index < -0.39 is 6.04 Å². The third-order valence-electron chi connectivity index (χ3n) is 1.57. The van der Waals surface area contributed by atoms with Crippen LogP contribution in [0.3, 0.4) is 0 Å². The zero-order chi connectivity index (χ0) is 9.14. The maximum absolute atomic E-state index is 13.1. The van der Waals surface area contributed by atoms with Gasteiger partial charge in [0.1, 0.15) is 5.82 Å². The van der Waals surface area contributed by atoms with Crippen molar-refractivity contribution in [2.75, 3.05) is 0 Å². The van der Waals surface area contributed by atoms with Gasteiger partial charge in [-0.3, -0.25) is 0 Å². The lowest BCUT2D eigenvalue weighted by atomic mass is 10.1. The zero-order valence-corrected chi connectivity index (χ0v) is 8.58. The summed E-state index contributed by atoms with van der Waals surface area (Å²) < 4.78 is 14.0. The van der Waals surface area contributed by atoms with Crippen LogP contribution in [0.2, 0.25) is 0 Å². The van der Waals surface area contributed by atoms with Gasteiger partial charge in [0.15, 0.2) is 0 Å². The normalized spacial score (nSPS) is 12.6. The van der Waals surface area contributed by atoms with Crippen LogP contribution in [0.4, 0.5) is 4.39 Å². The van der Waals surface area contributed by atoms with Crippen molar-refractivity contribution in [1.82, 2.24) is 0 Å². The molecule has 2 N–H and O–H groups in total. The molecular formula is C9H9FIN. The second kappa shape index (κ2) is 4.00. The predicted molar refractivity (Wildman–Crippen MR) is 56.2 cm³/mol. The minimum absolute atomic E-state index is 0.275. The molecule has 0 radical (unpaired) electrons. The van der Waals surface area contributed by atoms with Crippen LogP contribution in [0.15, 0.2) is 30.9 Å². The summed E-state index contributed by atoms with van der Waals surface area (Å²) in [7, 11) is 0. The van der Waals surface area contributed by atoms with Crippen LogP contribution in [0, 0.1) is 9.39 Å². The first kappa shape index (κ1) is 9.67. The van der Waals surface area contributed by atoms with E-state index in [0.717, 1.165) is 3.57 Å². The van der Waals surface area contributed by atoms with Crippen LogP contribution >= 0.6 is 22.6 Å². The number of rotatable bonds is 2. The first-order chi connectivity index (χ1) is 5.65. The van der Waals surface area contributed by atoms with E-state index in [1.165, 1.54) is 12.1 Å². The average molecular weight is 277 g/mol. The SMILES string of the molecule is C=C[C@H](N)c1cc(I)ccc1F. The quantitative estimate of drug-likeness (QED) is 0.652. The Morgan fingerprint density at radius 3 is 2.83 bits per heavy atom. The highest BCUT2D eigenvalue weighted by molar-refractivity contribution is 14.1. The Labute approximate surface area is 84.6 Å². The topological polar surface area (TPSA) is 26.0 Å². The summed E-state index contributed by atoms with van der Waals surface area (Å²) in [6, 6.07) is 4.43. The molecule has 0 amide bonds. The summed E-state index contributed by atoms with van der Waals surface area (Å²) in [6.45, 7) is 3.51. The van der Waals surface area contributed by atoms with E-state index in [1.54, 1.807) is 12.1 Å². The minimum atomic E-state index is -0.417. The Morgan fingerprint density at radius 2 is 2.25 bits per heavy atom. The van der Waals surface area contributed by atoms with Gasteiger partial charge in [0.2, 0.25) is 0 Å². The maximum Gasteiger partial charge on any atom is 0.128 e. The summed E-state index contributed by atoms with van der Waals surface area (Å²) in [4.78, 5) is 0. The molecule has 0 unspecified atom stereocenters. The molecule has 0 aromatic heterocycles. The molecule has 3 heteroatoms. The molecule has 1 atom stereocenters. The highest BCUT2D eigenvalue weighted by atomic mass is 127. The molecule has 0 saturated heterocycles. The van der Waals surface area contributed by atoms with Gasteiger partial charge in [0.05, 0.1) is 6.04 Å². The Bertz CT molecular complexity index is 299. The largest absolute Gasteiger partial charge is 0.321 e. The van der Waals surface area contributed by atoms with E-state index in [2.05, 4.69) is 29.2 Å². The van der Waals surface area contributed by atoms with Crippen LogP contribution < -0.4 is 5.73 Å². The van der Waals surface area contributed by atoms with E-state index in [4.69, 9.17) is 5.73 Å². The van der Waals surface area contributed by atoms with Crippen molar-refractivity contribution in [3.8, 4) is 0 Å². The molecule has 1 rings (SSSR count). The molecule has 0 aliphatic heterocycles. The summed E-state index contributed by atoms with van der Waals surface area (Å²) in [5.41, 5.74) is 6.10. The molecule has 12 heavy (non-hydrogen) atoms. The first-order valence-electron chi connectivity index (χ1n) is 3.48. The fourth-order valence-electron chi connectivity index (χ4n) is 0.897. The van der Waals surface area contributed by atoms with Crippen molar-refractivity contribution in [2.24, 2.45) is 5.73 Å². The smallest absolute Gasteiger partial charge is 0.128 e. The highest BCUT2D eigenvalue weighted by Gasteiger charge is 2.07. The van der Waals surface area contributed by atoms with E-state index in [9.17, 15) is 4.39 Å².